The number of aliphatic hydroxyl groups is 1. The second kappa shape index (κ2) is 9.68. The van der Waals surface area contributed by atoms with Crippen LogP contribution < -0.4 is 0 Å². The largest absolute Gasteiger partial charge is 0.430 e. The molecule has 13 heteroatoms. The van der Waals surface area contributed by atoms with Gasteiger partial charge in [-0.1, -0.05) is 31.2 Å². The highest BCUT2D eigenvalue weighted by molar-refractivity contribution is 7.88. The van der Waals surface area contributed by atoms with Crippen molar-refractivity contribution in [2.45, 2.75) is 37.8 Å². The molecule has 0 amide bonds. The predicted molar refractivity (Wildman–Crippen MR) is 117 cm³/mol. The molecule has 35 heavy (non-hydrogen) atoms. The third-order valence-corrected chi connectivity index (χ3v) is 7.34. The van der Waals surface area contributed by atoms with Crippen LogP contribution in [0.1, 0.15) is 23.6 Å². The summed E-state index contributed by atoms with van der Waals surface area (Å²) in [6.45, 7) is 4.29. The number of rotatable bonds is 6. The van der Waals surface area contributed by atoms with Crippen molar-refractivity contribution >= 4 is 10.0 Å². The SMILES string of the molecule is CCc1cc(CN2CCN(S(C)(=O)=O)CC2)ccc1-c1ccc(C(O)(C(F)(F)F)C(F)(F)F)cn1. The van der Waals surface area contributed by atoms with E-state index in [0.717, 1.165) is 17.2 Å². The number of pyridine rings is 1. The Labute approximate surface area is 199 Å². The van der Waals surface area contributed by atoms with Crippen LogP contribution >= 0.6 is 0 Å². The number of hydrogen-bond acceptors (Lipinski definition) is 5. The van der Waals surface area contributed by atoms with Gasteiger partial charge in [-0.3, -0.25) is 9.88 Å². The first-order chi connectivity index (χ1) is 16.1. The molecule has 194 valence electrons. The van der Waals surface area contributed by atoms with Gasteiger partial charge in [-0.25, -0.2) is 8.42 Å². The lowest BCUT2D eigenvalue weighted by atomic mass is 9.92. The van der Waals surface area contributed by atoms with Gasteiger partial charge in [-0.15, -0.1) is 0 Å². The molecule has 0 radical (unpaired) electrons. The molecule has 3 rings (SSSR count). The van der Waals surface area contributed by atoms with Gasteiger partial charge in [-0.2, -0.15) is 30.6 Å². The number of benzene rings is 1. The summed E-state index contributed by atoms with van der Waals surface area (Å²) in [4.78, 5) is 5.89. The lowest BCUT2D eigenvalue weighted by Crippen LogP contribution is -2.53. The van der Waals surface area contributed by atoms with Crippen molar-refractivity contribution in [3.05, 3.63) is 53.2 Å². The van der Waals surface area contributed by atoms with Crippen LogP contribution in [0.5, 0.6) is 0 Å². The number of aryl methyl sites for hydroxylation is 1. The van der Waals surface area contributed by atoms with E-state index in [1.165, 1.54) is 10.6 Å². The summed E-state index contributed by atoms with van der Waals surface area (Å²) in [6, 6.07) is 6.97. The van der Waals surface area contributed by atoms with Gasteiger partial charge in [0, 0.05) is 50.0 Å². The van der Waals surface area contributed by atoms with Crippen LogP contribution in [0.2, 0.25) is 0 Å². The third kappa shape index (κ3) is 5.63. The van der Waals surface area contributed by atoms with Crippen molar-refractivity contribution < 1.29 is 39.9 Å². The Morgan fingerprint density at radius 3 is 2.03 bits per heavy atom. The molecule has 0 unspecified atom stereocenters. The van der Waals surface area contributed by atoms with Gasteiger partial charge < -0.3 is 5.11 Å². The molecule has 2 aromatic rings. The predicted octanol–water partition coefficient (Wildman–Crippen LogP) is 3.70. The van der Waals surface area contributed by atoms with E-state index in [1.807, 2.05) is 13.0 Å². The maximum atomic E-state index is 13.1. The maximum absolute atomic E-state index is 13.1. The molecule has 6 nitrogen and oxygen atoms in total. The van der Waals surface area contributed by atoms with Crippen molar-refractivity contribution in [2.75, 3.05) is 32.4 Å². The molecule has 1 aromatic carbocycles. The number of hydrogen-bond donors (Lipinski definition) is 1. The summed E-state index contributed by atoms with van der Waals surface area (Å²) in [7, 11) is -3.24. The van der Waals surface area contributed by atoms with E-state index >= 15 is 0 Å². The summed E-state index contributed by atoms with van der Waals surface area (Å²) in [6.07, 6.45) is -9.86. The number of halogens is 6. The van der Waals surface area contributed by atoms with E-state index in [9.17, 15) is 39.9 Å². The van der Waals surface area contributed by atoms with Gasteiger partial charge in [0.25, 0.3) is 5.60 Å². The Balaban J connectivity index is 1.81. The maximum Gasteiger partial charge on any atom is 0.430 e. The summed E-state index contributed by atoms with van der Waals surface area (Å²) in [5.41, 5.74) is -4.00. The van der Waals surface area contributed by atoms with E-state index in [1.54, 1.807) is 12.1 Å². The van der Waals surface area contributed by atoms with Crippen LogP contribution in [0.25, 0.3) is 11.3 Å². The molecule has 1 saturated heterocycles. The molecule has 1 aliphatic rings. The highest BCUT2D eigenvalue weighted by Gasteiger charge is 2.71. The first-order valence-electron chi connectivity index (χ1n) is 10.7. The van der Waals surface area contributed by atoms with Crippen LogP contribution in [-0.2, 0) is 28.6 Å². The van der Waals surface area contributed by atoms with Crippen molar-refractivity contribution in [3.8, 4) is 11.3 Å². The monoisotopic (exact) mass is 525 g/mol. The Kier molecular flexibility index (Phi) is 7.57. The van der Waals surface area contributed by atoms with Crippen molar-refractivity contribution in [1.29, 1.82) is 0 Å². The number of nitrogens with zero attached hydrogens (tertiary/aromatic N) is 3. The average Bonchev–Trinajstić information content (AvgIpc) is 2.77. The minimum absolute atomic E-state index is 0.172. The normalized spacial score (nSPS) is 17.1. The molecule has 0 spiro atoms. The molecule has 1 aliphatic heterocycles. The average molecular weight is 526 g/mol. The number of piperazine rings is 1. The van der Waals surface area contributed by atoms with Crippen LogP contribution in [0.15, 0.2) is 36.5 Å². The minimum Gasteiger partial charge on any atom is -0.369 e. The lowest BCUT2D eigenvalue weighted by Gasteiger charge is -2.33. The topological polar surface area (TPSA) is 73.7 Å². The van der Waals surface area contributed by atoms with E-state index < -0.39 is 33.5 Å². The Morgan fingerprint density at radius 2 is 1.57 bits per heavy atom. The highest BCUT2D eigenvalue weighted by atomic mass is 32.2. The van der Waals surface area contributed by atoms with E-state index in [0.29, 0.717) is 57.0 Å². The smallest absolute Gasteiger partial charge is 0.369 e. The zero-order valence-corrected chi connectivity index (χ0v) is 19.8. The van der Waals surface area contributed by atoms with Crippen molar-refractivity contribution in [1.82, 2.24) is 14.2 Å². The first-order valence-corrected chi connectivity index (χ1v) is 12.5. The van der Waals surface area contributed by atoms with Crippen LogP contribution in [0.3, 0.4) is 0 Å². The minimum atomic E-state index is -5.97. The third-order valence-electron chi connectivity index (χ3n) is 6.03. The van der Waals surface area contributed by atoms with E-state index in [2.05, 4.69) is 9.88 Å². The molecule has 1 N–H and O–H groups in total. The summed E-state index contributed by atoms with van der Waals surface area (Å²) < 4.78 is 103. The highest BCUT2D eigenvalue weighted by Crippen LogP contribution is 2.50. The number of alkyl halides is 6. The molecule has 2 heterocycles. The number of sulfonamides is 1. The first kappa shape index (κ1) is 27.4. The molecular formula is C22H25F6N3O3S. The summed E-state index contributed by atoms with van der Waals surface area (Å²) >= 11 is 0. The fourth-order valence-electron chi connectivity index (χ4n) is 4.02. The second-order valence-corrected chi connectivity index (χ2v) is 10.4. The molecule has 0 bridgehead atoms. The van der Waals surface area contributed by atoms with Gasteiger partial charge in [0.2, 0.25) is 10.0 Å². The zero-order valence-electron chi connectivity index (χ0n) is 19.0. The molecule has 1 fully saturated rings. The number of aromatic nitrogens is 1. The quantitative estimate of drug-likeness (QED) is 0.583. The second-order valence-electron chi connectivity index (χ2n) is 8.42. The fourth-order valence-corrected chi connectivity index (χ4v) is 4.85. The van der Waals surface area contributed by atoms with Crippen LogP contribution in [0, 0.1) is 0 Å². The van der Waals surface area contributed by atoms with E-state index in [4.69, 9.17) is 0 Å². The zero-order chi connectivity index (χ0) is 26.2. The fraction of sp³-hybridized carbons (Fsp3) is 0.500. The summed E-state index contributed by atoms with van der Waals surface area (Å²) in [5, 5.41) is 9.54. The van der Waals surface area contributed by atoms with Gasteiger partial charge in [0.15, 0.2) is 0 Å². The van der Waals surface area contributed by atoms with Gasteiger partial charge >= 0.3 is 12.4 Å². The van der Waals surface area contributed by atoms with Gasteiger partial charge in [-0.05, 0) is 23.6 Å². The Morgan fingerprint density at radius 1 is 0.971 bits per heavy atom. The molecular weight excluding hydrogens is 500 g/mol. The van der Waals surface area contributed by atoms with Crippen LogP contribution in [-0.4, -0.2) is 72.5 Å². The van der Waals surface area contributed by atoms with Crippen LogP contribution in [0.4, 0.5) is 26.3 Å². The standard InChI is InChI=1S/C22H25F6N3O3S/c1-3-16-12-15(14-30-8-10-31(11-9-30)35(2,33)34)4-6-18(16)19-7-5-17(13-29-19)20(32,21(23,24)25)22(26,27)28/h4-7,12-13,32H,3,8-11,14H2,1-2H3. The lowest BCUT2D eigenvalue weighted by molar-refractivity contribution is -0.376. The van der Waals surface area contributed by atoms with E-state index in [-0.39, 0.29) is 5.69 Å². The van der Waals surface area contributed by atoms with Gasteiger partial charge in [0.1, 0.15) is 0 Å². The summed E-state index contributed by atoms with van der Waals surface area (Å²) in [5.74, 6) is 0. The van der Waals surface area contributed by atoms with Crippen molar-refractivity contribution in [3.63, 3.8) is 0 Å². The molecule has 1 aromatic heterocycles. The molecule has 0 atom stereocenters. The Hall–Kier alpha value is -2.22. The Bertz CT molecular complexity index is 1130. The molecule has 0 saturated carbocycles. The van der Waals surface area contributed by atoms with Crippen molar-refractivity contribution in [2.24, 2.45) is 0 Å². The van der Waals surface area contributed by atoms with Gasteiger partial charge in [0.05, 0.1) is 11.9 Å². The molecule has 0 aliphatic carbocycles.